The number of rotatable bonds is 6. The van der Waals surface area contributed by atoms with Gasteiger partial charge in [-0.3, -0.25) is 4.79 Å². The maximum absolute atomic E-state index is 12.4. The monoisotopic (exact) mass is 375 g/mol. The van der Waals surface area contributed by atoms with Gasteiger partial charge in [0.15, 0.2) is 18.1 Å². The summed E-state index contributed by atoms with van der Waals surface area (Å²) in [5.74, 6) is 0.270. The molecule has 1 aliphatic heterocycles. The zero-order chi connectivity index (χ0) is 19.3. The van der Waals surface area contributed by atoms with E-state index < -0.39 is 12.8 Å². The minimum Gasteiger partial charge on any atom is -0.493 e. The van der Waals surface area contributed by atoms with E-state index >= 15 is 0 Å². The van der Waals surface area contributed by atoms with Gasteiger partial charge in [0, 0.05) is 19.5 Å². The number of carbonyl (C=O) groups excluding carboxylic acids is 1. The van der Waals surface area contributed by atoms with Crippen LogP contribution in [0.25, 0.3) is 0 Å². The van der Waals surface area contributed by atoms with Crippen LogP contribution in [0.2, 0.25) is 0 Å². The molecular formula is C18H24F3NO4. The molecule has 1 saturated heterocycles. The lowest BCUT2D eigenvalue weighted by Crippen LogP contribution is -2.48. The predicted molar refractivity (Wildman–Crippen MR) is 89.5 cm³/mol. The highest BCUT2D eigenvalue weighted by Crippen LogP contribution is 2.30. The minimum absolute atomic E-state index is 0.00728. The van der Waals surface area contributed by atoms with Crippen LogP contribution in [0.15, 0.2) is 18.2 Å². The first-order chi connectivity index (χ1) is 12.2. The third kappa shape index (κ3) is 6.09. The molecule has 146 valence electrons. The maximum Gasteiger partial charge on any atom is 0.422 e. The number of methoxy groups -OCH3 is 1. The molecule has 1 amide bonds. The first-order valence-corrected chi connectivity index (χ1v) is 8.47. The molecule has 0 radical (unpaired) electrons. The second kappa shape index (κ2) is 8.62. The highest BCUT2D eigenvalue weighted by atomic mass is 19.4. The van der Waals surface area contributed by atoms with Gasteiger partial charge in [0.05, 0.1) is 19.3 Å². The van der Waals surface area contributed by atoms with Gasteiger partial charge in [0.25, 0.3) is 0 Å². The normalized spacial score (nSPS) is 20.8. The van der Waals surface area contributed by atoms with Gasteiger partial charge in [0.1, 0.15) is 0 Å². The van der Waals surface area contributed by atoms with Crippen molar-refractivity contribution in [2.45, 2.75) is 45.1 Å². The number of amides is 1. The number of halogens is 3. The highest BCUT2D eigenvalue weighted by Gasteiger charge is 2.29. The average molecular weight is 375 g/mol. The average Bonchev–Trinajstić information content (AvgIpc) is 2.56. The number of nitrogens with zero attached hydrogens (tertiary/aromatic N) is 1. The summed E-state index contributed by atoms with van der Waals surface area (Å²) in [5, 5.41) is 0. The summed E-state index contributed by atoms with van der Waals surface area (Å²) >= 11 is 0. The maximum atomic E-state index is 12.4. The summed E-state index contributed by atoms with van der Waals surface area (Å²) in [6.45, 7) is 3.61. The van der Waals surface area contributed by atoms with Crippen molar-refractivity contribution >= 4 is 5.91 Å². The van der Waals surface area contributed by atoms with Crippen molar-refractivity contribution in [2.24, 2.45) is 0 Å². The lowest BCUT2D eigenvalue weighted by Gasteiger charge is -2.35. The number of hydrogen-bond donors (Lipinski definition) is 0. The Hall–Kier alpha value is -1.96. The molecule has 0 saturated carbocycles. The van der Waals surface area contributed by atoms with Crippen LogP contribution < -0.4 is 9.47 Å². The topological polar surface area (TPSA) is 48.0 Å². The molecule has 0 aliphatic carbocycles. The molecule has 2 rings (SSSR count). The fourth-order valence-corrected chi connectivity index (χ4v) is 2.94. The molecule has 1 fully saturated rings. The highest BCUT2D eigenvalue weighted by molar-refractivity contribution is 5.76. The minimum atomic E-state index is -4.41. The smallest absolute Gasteiger partial charge is 0.422 e. The first kappa shape index (κ1) is 20.4. The van der Waals surface area contributed by atoms with Gasteiger partial charge in [-0.15, -0.1) is 0 Å². The van der Waals surface area contributed by atoms with Gasteiger partial charge in [0.2, 0.25) is 5.91 Å². The Balaban J connectivity index is 1.94. The Morgan fingerprint density at radius 3 is 2.46 bits per heavy atom. The standard InChI is InChI=1S/C18H24F3NO4/c1-12-9-22(10-13(2)26-12)17(23)7-5-14-4-6-15(16(8-14)24-3)25-11-18(19,20)21/h4,6,8,12-13H,5,7,9-11H2,1-3H3/t12-,13-/m0/s1. The molecule has 0 spiro atoms. The van der Waals surface area contributed by atoms with E-state index in [1.807, 2.05) is 13.8 Å². The van der Waals surface area contributed by atoms with Crippen molar-refractivity contribution < 1.29 is 32.2 Å². The van der Waals surface area contributed by atoms with Gasteiger partial charge < -0.3 is 19.1 Å². The van der Waals surface area contributed by atoms with Gasteiger partial charge in [-0.25, -0.2) is 0 Å². The first-order valence-electron chi connectivity index (χ1n) is 8.47. The molecular weight excluding hydrogens is 351 g/mol. The Morgan fingerprint density at radius 1 is 1.23 bits per heavy atom. The summed E-state index contributed by atoms with van der Waals surface area (Å²) in [7, 11) is 1.36. The van der Waals surface area contributed by atoms with Crippen molar-refractivity contribution in [3.8, 4) is 11.5 Å². The van der Waals surface area contributed by atoms with Crippen LogP contribution in [0, 0.1) is 0 Å². The molecule has 5 nitrogen and oxygen atoms in total. The van der Waals surface area contributed by atoms with Gasteiger partial charge in [-0.2, -0.15) is 13.2 Å². The lowest BCUT2D eigenvalue weighted by molar-refractivity contribution is -0.153. The summed E-state index contributed by atoms with van der Waals surface area (Å²) in [6.07, 6.45) is -3.62. The Morgan fingerprint density at radius 2 is 1.88 bits per heavy atom. The van der Waals surface area contributed by atoms with Crippen LogP contribution in [-0.4, -0.2) is 56.0 Å². The molecule has 0 unspecified atom stereocenters. The van der Waals surface area contributed by atoms with Gasteiger partial charge >= 0.3 is 6.18 Å². The number of benzene rings is 1. The van der Waals surface area contributed by atoms with Crippen LogP contribution >= 0.6 is 0 Å². The van der Waals surface area contributed by atoms with Crippen molar-refractivity contribution in [1.82, 2.24) is 4.90 Å². The van der Waals surface area contributed by atoms with E-state index in [0.29, 0.717) is 25.9 Å². The molecule has 1 aromatic rings. The number of alkyl halides is 3. The van der Waals surface area contributed by atoms with E-state index in [1.54, 1.807) is 17.0 Å². The fourth-order valence-electron chi connectivity index (χ4n) is 2.94. The number of hydrogen-bond acceptors (Lipinski definition) is 4. The Bertz CT molecular complexity index is 611. The van der Waals surface area contributed by atoms with E-state index in [2.05, 4.69) is 0 Å². The number of morpholine rings is 1. The number of aryl methyl sites for hydroxylation is 1. The second-order valence-electron chi connectivity index (χ2n) is 6.45. The van der Waals surface area contributed by atoms with Crippen LogP contribution in [-0.2, 0) is 16.0 Å². The van der Waals surface area contributed by atoms with Crippen molar-refractivity contribution in [3.05, 3.63) is 23.8 Å². The third-order valence-corrected chi connectivity index (χ3v) is 4.02. The van der Waals surface area contributed by atoms with E-state index in [1.165, 1.54) is 13.2 Å². The van der Waals surface area contributed by atoms with Crippen LogP contribution in [0.3, 0.4) is 0 Å². The third-order valence-electron chi connectivity index (χ3n) is 4.02. The van der Waals surface area contributed by atoms with Gasteiger partial charge in [-0.1, -0.05) is 6.07 Å². The zero-order valence-corrected chi connectivity index (χ0v) is 15.1. The van der Waals surface area contributed by atoms with E-state index in [-0.39, 0.29) is 29.6 Å². The predicted octanol–water partition coefficient (Wildman–Crippen LogP) is 3.20. The molecule has 1 aromatic carbocycles. The molecule has 0 aromatic heterocycles. The largest absolute Gasteiger partial charge is 0.493 e. The SMILES string of the molecule is COc1cc(CCC(=O)N2C[C@H](C)O[C@@H](C)C2)ccc1OCC(F)(F)F. The Labute approximate surface area is 151 Å². The summed E-state index contributed by atoms with van der Waals surface area (Å²) in [4.78, 5) is 14.2. The van der Waals surface area contributed by atoms with Crippen molar-refractivity contribution in [3.63, 3.8) is 0 Å². The van der Waals surface area contributed by atoms with E-state index in [9.17, 15) is 18.0 Å². The van der Waals surface area contributed by atoms with Crippen molar-refractivity contribution in [1.29, 1.82) is 0 Å². The molecule has 0 bridgehead atoms. The second-order valence-corrected chi connectivity index (χ2v) is 6.45. The molecule has 1 aliphatic rings. The van der Waals surface area contributed by atoms with E-state index in [4.69, 9.17) is 14.2 Å². The molecule has 0 N–H and O–H groups in total. The Kier molecular flexibility index (Phi) is 6.75. The van der Waals surface area contributed by atoms with Crippen LogP contribution in [0.4, 0.5) is 13.2 Å². The number of ether oxygens (including phenoxy) is 3. The van der Waals surface area contributed by atoms with Crippen molar-refractivity contribution in [2.75, 3.05) is 26.8 Å². The number of carbonyl (C=O) groups is 1. The molecule has 8 heteroatoms. The summed E-state index contributed by atoms with van der Waals surface area (Å²) in [5.41, 5.74) is 0.795. The zero-order valence-electron chi connectivity index (χ0n) is 15.1. The van der Waals surface area contributed by atoms with Crippen LogP contribution in [0.5, 0.6) is 11.5 Å². The quantitative estimate of drug-likeness (QED) is 0.766. The van der Waals surface area contributed by atoms with Gasteiger partial charge in [-0.05, 0) is 38.0 Å². The molecule has 2 atom stereocenters. The van der Waals surface area contributed by atoms with Crippen LogP contribution in [0.1, 0.15) is 25.8 Å². The van der Waals surface area contributed by atoms with E-state index in [0.717, 1.165) is 5.56 Å². The molecule has 26 heavy (non-hydrogen) atoms. The lowest BCUT2D eigenvalue weighted by atomic mass is 10.1. The summed E-state index contributed by atoms with van der Waals surface area (Å²) < 4.78 is 52.3. The fraction of sp³-hybridized carbons (Fsp3) is 0.611. The summed E-state index contributed by atoms with van der Waals surface area (Å²) in [6, 6.07) is 4.68. The molecule has 1 heterocycles.